The van der Waals surface area contributed by atoms with Crippen molar-refractivity contribution in [2.24, 2.45) is 0 Å². The molecule has 0 radical (unpaired) electrons. The van der Waals surface area contributed by atoms with Gasteiger partial charge >= 0.3 is 6.03 Å². The van der Waals surface area contributed by atoms with E-state index in [1.165, 1.54) is 31.4 Å². The summed E-state index contributed by atoms with van der Waals surface area (Å²) in [4.78, 5) is 38.0. The molecule has 8 nitrogen and oxygen atoms in total. The van der Waals surface area contributed by atoms with Gasteiger partial charge in [-0.1, -0.05) is 19.1 Å². The van der Waals surface area contributed by atoms with Crippen LogP contribution in [-0.2, 0) is 9.59 Å². The molecule has 3 rings (SSSR count). The number of halogens is 2. The number of carbonyl (C=O) groups is 3. The summed E-state index contributed by atoms with van der Waals surface area (Å²) in [6.07, 6.45) is 2.25. The molecule has 1 atom stereocenters. The molecule has 1 saturated heterocycles. The average Bonchev–Trinajstić information content (AvgIpc) is 3.04. The lowest BCUT2D eigenvalue weighted by Crippen LogP contribution is -2.38. The van der Waals surface area contributed by atoms with Crippen molar-refractivity contribution in [3.05, 3.63) is 57.9 Å². The summed E-state index contributed by atoms with van der Waals surface area (Å²) in [7, 11) is 1.50. The van der Waals surface area contributed by atoms with Crippen molar-refractivity contribution < 1.29 is 28.2 Å². The fourth-order valence-corrected chi connectivity index (χ4v) is 3.55. The maximum Gasteiger partial charge on any atom is 0.329 e. The zero-order valence-electron chi connectivity index (χ0n) is 18.3. The smallest absolute Gasteiger partial charge is 0.329 e. The van der Waals surface area contributed by atoms with Crippen molar-refractivity contribution in [3.8, 4) is 11.5 Å². The van der Waals surface area contributed by atoms with E-state index in [0.717, 1.165) is 11.3 Å². The lowest BCUT2D eigenvalue weighted by Gasteiger charge is -2.17. The third kappa shape index (κ3) is 5.70. The Bertz CT molecular complexity index is 1120. The fraction of sp³-hybridized carbons (Fsp3) is 0.261. The zero-order valence-corrected chi connectivity index (χ0v) is 19.9. The molecule has 2 N–H and O–H groups in total. The van der Waals surface area contributed by atoms with E-state index in [9.17, 15) is 18.8 Å². The highest BCUT2D eigenvalue weighted by Crippen LogP contribution is 2.38. The number of urea groups is 1. The minimum atomic E-state index is -0.752. The molecule has 1 aliphatic heterocycles. The summed E-state index contributed by atoms with van der Waals surface area (Å²) in [6, 6.07) is 8.25. The first-order valence-corrected chi connectivity index (χ1v) is 11.0. The van der Waals surface area contributed by atoms with Gasteiger partial charge in [-0.25, -0.2) is 14.1 Å². The number of carbonyl (C=O) groups excluding carboxylic acids is 3. The van der Waals surface area contributed by atoms with Crippen LogP contribution in [0.1, 0.15) is 25.8 Å². The van der Waals surface area contributed by atoms with Crippen molar-refractivity contribution >= 4 is 45.5 Å². The molecule has 1 aliphatic rings. The van der Waals surface area contributed by atoms with E-state index < -0.39 is 30.2 Å². The molecular weight excluding hydrogens is 497 g/mol. The Morgan fingerprint density at radius 2 is 2.03 bits per heavy atom. The number of para-hydroxylation sites is 1. The number of ether oxygens (including phenoxy) is 2. The molecule has 2 aromatic rings. The van der Waals surface area contributed by atoms with Crippen LogP contribution in [-0.4, -0.2) is 42.5 Å². The quantitative estimate of drug-likeness (QED) is 0.400. The number of amides is 4. The van der Waals surface area contributed by atoms with Crippen molar-refractivity contribution in [2.75, 3.05) is 19.0 Å². The van der Waals surface area contributed by atoms with Gasteiger partial charge in [0, 0.05) is 0 Å². The zero-order chi connectivity index (χ0) is 24.1. The number of nitrogens with zero attached hydrogens (tertiary/aromatic N) is 1. The van der Waals surface area contributed by atoms with Crippen molar-refractivity contribution in [2.45, 2.75) is 26.4 Å². The van der Waals surface area contributed by atoms with Crippen LogP contribution >= 0.6 is 15.9 Å². The predicted molar refractivity (Wildman–Crippen MR) is 124 cm³/mol. The third-order valence-electron chi connectivity index (χ3n) is 4.87. The largest absolute Gasteiger partial charge is 0.493 e. The Labute approximate surface area is 198 Å². The second-order valence-corrected chi connectivity index (χ2v) is 8.13. The summed E-state index contributed by atoms with van der Waals surface area (Å²) in [5.41, 5.74) is 0.515. The summed E-state index contributed by atoms with van der Waals surface area (Å²) in [5, 5.41) is 4.80. The van der Waals surface area contributed by atoms with Crippen LogP contribution in [0.3, 0.4) is 0 Å². The Morgan fingerprint density at radius 1 is 1.30 bits per heavy atom. The number of nitrogens with one attached hydrogen (secondary N) is 2. The van der Waals surface area contributed by atoms with Gasteiger partial charge in [0.1, 0.15) is 18.1 Å². The van der Waals surface area contributed by atoms with Gasteiger partial charge in [0.05, 0.1) is 23.4 Å². The van der Waals surface area contributed by atoms with Crippen LogP contribution < -0.4 is 20.1 Å². The SMILES string of the molecule is CC[C@@H](C)Oc1c(Br)cc(/C=C2/NC(=O)N(CC(=O)Nc3ccccc3F)C2=O)cc1OC. The summed E-state index contributed by atoms with van der Waals surface area (Å²) < 4.78 is 25.6. The first-order valence-electron chi connectivity index (χ1n) is 10.2. The molecule has 1 fully saturated rings. The molecular formula is C23H23BrFN3O5. The lowest BCUT2D eigenvalue weighted by molar-refractivity contribution is -0.127. The van der Waals surface area contributed by atoms with E-state index in [1.807, 2.05) is 13.8 Å². The molecule has 0 spiro atoms. The van der Waals surface area contributed by atoms with Gasteiger partial charge < -0.3 is 20.1 Å². The standard InChI is InChI=1S/C23H23BrFN3O5/c1-4-13(2)33-21-15(24)9-14(11-19(21)32-3)10-18-22(30)28(23(31)27-18)12-20(29)26-17-8-6-5-7-16(17)25/h5-11,13H,4,12H2,1-3H3,(H,26,29)(H,27,31)/b18-10+/t13-/m1/s1. The summed E-state index contributed by atoms with van der Waals surface area (Å²) in [5.74, 6) is -1.03. The van der Waals surface area contributed by atoms with E-state index in [1.54, 1.807) is 18.2 Å². The molecule has 174 valence electrons. The highest BCUT2D eigenvalue weighted by molar-refractivity contribution is 9.10. The van der Waals surface area contributed by atoms with Gasteiger partial charge in [-0.3, -0.25) is 9.59 Å². The Balaban J connectivity index is 1.77. The normalized spacial score (nSPS) is 15.4. The molecule has 2 aromatic carbocycles. The monoisotopic (exact) mass is 519 g/mol. The van der Waals surface area contributed by atoms with Gasteiger partial charge in [-0.15, -0.1) is 0 Å². The van der Waals surface area contributed by atoms with Crippen molar-refractivity contribution in [1.29, 1.82) is 0 Å². The second-order valence-electron chi connectivity index (χ2n) is 7.28. The Morgan fingerprint density at radius 3 is 2.70 bits per heavy atom. The number of benzene rings is 2. The second kappa shape index (κ2) is 10.5. The predicted octanol–water partition coefficient (Wildman–Crippen LogP) is 4.31. The highest BCUT2D eigenvalue weighted by atomic mass is 79.9. The number of anilines is 1. The van der Waals surface area contributed by atoms with Gasteiger partial charge in [-0.2, -0.15) is 0 Å². The van der Waals surface area contributed by atoms with Crippen LogP contribution in [0.15, 0.2) is 46.6 Å². The van der Waals surface area contributed by atoms with Crippen LogP contribution in [0.2, 0.25) is 0 Å². The maximum atomic E-state index is 13.7. The molecule has 0 bridgehead atoms. The molecule has 10 heteroatoms. The van der Waals surface area contributed by atoms with Gasteiger partial charge in [0.25, 0.3) is 5.91 Å². The van der Waals surface area contributed by atoms with E-state index in [2.05, 4.69) is 26.6 Å². The van der Waals surface area contributed by atoms with E-state index >= 15 is 0 Å². The average molecular weight is 520 g/mol. The van der Waals surface area contributed by atoms with E-state index in [4.69, 9.17) is 9.47 Å². The number of methoxy groups -OCH3 is 1. The topological polar surface area (TPSA) is 97.0 Å². The minimum absolute atomic E-state index is 0.0109. The minimum Gasteiger partial charge on any atom is -0.493 e. The van der Waals surface area contributed by atoms with Crippen LogP contribution in [0.25, 0.3) is 6.08 Å². The molecule has 0 saturated carbocycles. The highest BCUT2D eigenvalue weighted by Gasteiger charge is 2.35. The van der Waals surface area contributed by atoms with Crippen molar-refractivity contribution in [3.63, 3.8) is 0 Å². The molecule has 1 heterocycles. The Hall–Kier alpha value is -3.40. The maximum absolute atomic E-state index is 13.7. The third-order valence-corrected chi connectivity index (χ3v) is 5.46. The van der Waals surface area contributed by atoms with Gasteiger partial charge in [-0.05, 0) is 65.2 Å². The number of hydrogen-bond donors (Lipinski definition) is 2. The first kappa shape index (κ1) is 24.2. The van der Waals surface area contributed by atoms with Gasteiger partial charge in [0.2, 0.25) is 5.91 Å². The lowest BCUT2D eigenvalue weighted by atomic mass is 10.1. The molecule has 4 amide bonds. The first-order chi connectivity index (χ1) is 15.7. The van der Waals surface area contributed by atoms with E-state index in [-0.39, 0.29) is 17.5 Å². The number of imide groups is 1. The summed E-state index contributed by atoms with van der Waals surface area (Å²) in [6.45, 7) is 3.37. The molecule has 0 aromatic heterocycles. The van der Waals surface area contributed by atoms with Crippen LogP contribution in [0.5, 0.6) is 11.5 Å². The van der Waals surface area contributed by atoms with E-state index in [0.29, 0.717) is 21.5 Å². The molecule has 0 aliphatic carbocycles. The van der Waals surface area contributed by atoms with Crippen LogP contribution in [0, 0.1) is 5.82 Å². The summed E-state index contributed by atoms with van der Waals surface area (Å²) >= 11 is 3.45. The number of hydrogen-bond acceptors (Lipinski definition) is 5. The van der Waals surface area contributed by atoms with Crippen LogP contribution in [0.4, 0.5) is 14.9 Å². The fourth-order valence-electron chi connectivity index (χ4n) is 3.00. The van der Waals surface area contributed by atoms with Crippen molar-refractivity contribution in [1.82, 2.24) is 10.2 Å². The Kier molecular flexibility index (Phi) is 7.70. The molecule has 33 heavy (non-hydrogen) atoms. The number of rotatable bonds is 8. The molecule has 0 unspecified atom stereocenters. The van der Waals surface area contributed by atoms with Gasteiger partial charge in [0.15, 0.2) is 11.5 Å².